The number of aliphatic hydroxyl groups excluding tert-OH is 1. The maximum Gasteiger partial charge on any atom is 0.254 e. The van der Waals surface area contributed by atoms with Crippen LogP contribution in [0.1, 0.15) is 23.7 Å². The van der Waals surface area contributed by atoms with Gasteiger partial charge in [-0.15, -0.1) is 0 Å². The number of hydrogen-bond acceptors (Lipinski definition) is 2. The highest BCUT2D eigenvalue weighted by atomic mass is 35.5. The number of rotatable bonds is 1. The second kappa shape index (κ2) is 5.24. The molecule has 1 amide bonds. The van der Waals surface area contributed by atoms with Crippen molar-refractivity contribution in [1.29, 1.82) is 0 Å². The van der Waals surface area contributed by atoms with Gasteiger partial charge in [-0.3, -0.25) is 4.79 Å². The topological polar surface area (TPSA) is 40.5 Å². The standard InChI is InChI=1S/C13H15ClFNO2/c1-8-4-5-16(7-12(8)17)13(18)9-2-3-10(14)11(15)6-9/h2-3,6,8,12,17H,4-5,7H2,1H3. The van der Waals surface area contributed by atoms with Crippen LogP contribution in [0.15, 0.2) is 18.2 Å². The quantitative estimate of drug-likeness (QED) is 0.852. The van der Waals surface area contributed by atoms with Gasteiger partial charge in [0, 0.05) is 18.7 Å². The van der Waals surface area contributed by atoms with E-state index < -0.39 is 11.9 Å². The van der Waals surface area contributed by atoms with E-state index in [1.807, 2.05) is 6.92 Å². The number of β-amino-alcohol motifs (C(OH)–C–C–N with tert-alkyl or cyclic N) is 1. The minimum atomic E-state index is -0.603. The zero-order chi connectivity index (χ0) is 13.3. The van der Waals surface area contributed by atoms with Crippen LogP contribution in [0.4, 0.5) is 4.39 Å². The van der Waals surface area contributed by atoms with E-state index in [-0.39, 0.29) is 22.4 Å². The molecule has 0 saturated carbocycles. The van der Waals surface area contributed by atoms with E-state index in [1.54, 1.807) is 4.90 Å². The number of halogens is 2. The van der Waals surface area contributed by atoms with Gasteiger partial charge in [-0.2, -0.15) is 0 Å². The van der Waals surface area contributed by atoms with Crippen molar-refractivity contribution in [3.63, 3.8) is 0 Å². The lowest BCUT2D eigenvalue weighted by atomic mass is 9.95. The molecule has 3 nitrogen and oxygen atoms in total. The highest BCUT2D eigenvalue weighted by Gasteiger charge is 2.28. The van der Waals surface area contributed by atoms with Crippen LogP contribution in [0.3, 0.4) is 0 Å². The van der Waals surface area contributed by atoms with Gasteiger partial charge in [-0.05, 0) is 30.5 Å². The Morgan fingerprint density at radius 3 is 2.89 bits per heavy atom. The smallest absolute Gasteiger partial charge is 0.254 e. The number of piperidine rings is 1. The average Bonchev–Trinajstić information content (AvgIpc) is 2.35. The molecular formula is C13H15ClFNO2. The van der Waals surface area contributed by atoms with Gasteiger partial charge in [-0.25, -0.2) is 4.39 Å². The normalized spacial score (nSPS) is 24.1. The van der Waals surface area contributed by atoms with Crippen LogP contribution in [-0.4, -0.2) is 35.1 Å². The fraction of sp³-hybridized carbons (Fsp3) is 0.462. The summed E-state index contributed by atoms with van der Waals surface area (Å²) < 4.78 is 13.3. The largest absolute Gasteiger partial charge is 0.391 e. The summed E-state index contributed by atoms with van der Waals surface area (Å²) in [4.78, 5) is 13.7. The second-order valence-corrected chi connectivity index (χ2v) is 5.12. The highest BCUT2D eigenvalue weighted by molar-refractivity contribution is 6.30. The van der Waals surface area contributed by atoms with E-state index in [0.717, 1.165) is 12.5 Å². The number of aliphatic hydroxyl groups is 1. The predicted molar refractivity (Wildman–Crippen MR) is 67.1 cm³/mol. The molecule has 2 unspecified atom stereocenters. The van der Waals surface area contributed by atoms with Crippen molar-refractivity contribution in [3.05, 3.63) is 34.6 Å². The van der Waals surface area contributed by atoms with E-state index in [4.69, 9.17) is 11.6 Å². The molecule has 0 bridgehead atoms. The Kier molecular flexibility index (Phi) is 3.88. The van der Waals surface area contributed by atoms with Gasteiger partial charge in [0.2, 0.25) is 0 Å². The summed E-state index contributed by atoms with van der Waals surface area (Å²) in [6.07, 6.45) is 0.239. The molecule has 1 heterocycles. The molecule has 2 atom stereocenters. The molecule has 0 aromatic heterocycles. The van der Waals surface area contributed by atoms with Crippen molar-refractivity contribution in [1.82, 2.24) is 4.90 Å². The van der Waals surface area contributed by atoms with Crippen molar-refractivity contribution < 1.29 is 14.3 Å². The molecule has 18 heavy (non-hydrogen) atoms. The van der Waals surface area contributed by atoms with Crippen LogP contribution in [0.2, 0.25) is 5.02 Å². The summed E-state index contributed by atoms with van der Waals surface area (Å²) >= 11 is 5.57. The molecule has 2 rings (SSSR count). The number of carbonyl (C=O) groups is 1. The summed E-state index contributed by atoms with van der Waals surface area (Å²) in [7, 11) is 0. The fourth-order valence-electron chi connectivity index (χ4n) is 2.05. The van der Waals surface area contributed by atoms with Crippen LogP contribution in [0.5, 0.6) is 0 Å². The van der Waals surface area contributed by atoms with Crippen LogP contribution in [0.25, 0.3) is 0 Å². The number of hydrogen-bond donors (Lipinski definition) is 1. The minimum absolute atomic E-state index is 0.00106. The zero-order valence-corrected chi connectivity index (χ0v) is 10.8. The third kappa shape index (κ3) is 2.65. The van der Waals surface area contributed by atoms with Crippen molar-refractivity contribution in [3.8, 4) is 0 Å². The van der Waals surface area contributed by atoms with Gasteiger partial charge in [0.05, 0.1) is 11.1 Å². The number of carbonyl (C=O) groups excluding carboxylic acids is 1. The molecule has 1 aliphatic rings. The predicted octanol–water partition coefficient (Wildman–Crippen LogP) is 2.32. The van der Waals surface area contributed by atoms with Crippen molar-refractivity contribution in [2.24, 2.45) is 5.92 Å². The molecule has 1 saturated heterocycles. The van der Waals surface area contributed by atoms with Gasteiger partial charge in [0.15, 0.2) is 0 Å². The first-order valence-electron chi connectivity index (χ1n) is 5.91. The first-order chi connectivity index (χ1) is 8.49. The Balaban J connectivity index is 2.14. The van der Waals surface area contributed by atoms with Crippen LogP contribution in [-0.2, 0) is 0 Å². The second-order valence-electron chi connectivity index (χ2n) is 4.71. The maximum atomic E-state index is 13.3. The van der Waals surface area contributed by atoms with Crippen LogP contribution >= 0.6 is 11.6 Å². The number of amides is 1. The molecule has 0 radical (unpaired) electrons. The molecule has 0 spiro atoms. The van der Waals surface area contributed by atoms with E-state index in [1.165, 1.54) is 12.1 Å². The Hall–Kier alpha value is -1.13. The fourth-order valence-corrected chi connectivity index (χ4v) is 2.16. The summed E-state index contributed by atoms with van der Waals surface area (Å²) in [6.45, 7) is 2.83. The molecule has 1 fully saturated rings. The van der Waals surface area contributed by atoms with Gasteiger partial charge < -0.3 is 10.0 Å². The molecule has 0 aliphatic carbocycles. The zero-order valence-electron chi connectivity index (χ0n) is 10.1. The molecule has 1 aliphatic heterocycles. The van der Waals surface area contributed by atoms with Gasteiger partial charge in [0.25, 0.3) is 5.91 Å². The van der Waals surface area contributed by atoms with Crippen LogP contribution in [0, 0.1) is 11.7 Å². The summed E-state index contributed by atoms with van der Waals surface area (Å²) in [5.74, 6) is -0.680. The van der Waals surface area contributed by atoms with Crippen LogP contribution < -0.4 is 0 Å². The number of nitrogens with zero attached hydrogens (tertiary/aromatic N) is 1. The summed E-state index contributed by atoms with van der Waals surface area (Å²) in [5, 5.41) is 9.75. The molecule has 1 aromatic carbocycles. The summed E-state index contributed by atoms with van der Waals surface area (Å²) in [5.41, 5.74) is 0.263. The van der Waals surface area contributed by atoms with E-state index in [2.05, 4.69) is 0 Å². The lowest BCUT2D eigenvalue weighted by Crippen LogP contribution is -2.45. The van der Waals surface area contributed by atoms with Gasteiger partial charge in [0.1, 0.15) is 5.82 Å². The monoisotopic (exact) mass is 271 g/mol. The van der Waals surface area contributed by atoms with Crippen molar-refractivity contribution in [2.45, 2.75) is 19.4 Å². The Bertz CT molecular complexity index is 466. The highest BCUT2D eigenvalue weighted by Crippen LogP contribution is 2.21. The SMILES string of the molecule is CC1CCN(C(=O)c2ccc(Cl)c(F)c2)CC1O. The Morgan fingerprint density at radius 2 is 2.28 bits per heavy atom. The Morgan fingerprint density at radius 1 is 1.56 bits per heavy atom. The first kappa shape index (κ1) is 13.3. The van der Waals surface area contributed by atoms with Gasteiger partial charge >= 0.3 is 0 Å². The average molecular weight is 272 g/mol. The number of likely N-dealkylation sites (tertiary alicyclic amines) is 1. The third-order valence-corrected chi connectivity index (χ3v) is 3.68. The van der Waals surface area contributed by atoms with E-state index in [0.29, 0.717) is 13.1 Å². The number of benzene rings is 1. The molecule has 1 N–H and O–H groups in total. The third-order valence-electron chi connectivity index (χ3n) is 3.37. The van der Waals surface area contributed by atoms with E-state index >= 15 is 0 Å². The first-order valence-corrected chi connectivity index (χ1v) is 6.29. The van der Waals surface area contributed by atoms with Crippen molar-refractivity contribution in [2.75, 3.05) is 13.1 Å². The molecule has 1 aromatic rings. The summed E-state index contributed by atoms with van der Waals surface area (Å²) in [6, 6.07) is 4.00. The minimum Gasteiger partial charge on any atom is -0.391 e. The molecule has 98 valence electrons. The van der Waals surface area contributed by atoms with Gasteiger partial charge in [-0.1, -0.05) is 18.5 Å². The van der Waals surface area contributed by atoms with Crippen molar-refractivity contribution >= 4 is 17.5 Å². The molecular weight excluding hydrogens is 257 g/mol. The van der Waals surface area contributed by atoms with E-state index in [9.17, 15) is 14.3 Å². The maximum absolute atomic E-state index is 13.3. The lowest BCUT2D eigenvalue weighted by Gasteiger charge is -2.34. The Labute approximate surface area is 110 Å². The lowest BCUT2D eigenvalue weighted by molar-refractivity contribution is 0.0248. The molecule has 5 heteroatoms.